The molecule has 4 heteroatoms. The van der Waals surface area contributed by atoms with Crippen molar-refractivity contribution in [2.45, 2.75) is 6.54 Å². The van der Waals surface area contributed by atoms with Gasteiger partial charge in [0.25, 0.3) is 5.91 Å². The van der Waals surface area contributed by atoms with Crippen molar-refractivity contribution >= 4 is 11.6 Å². The zero-order valence-electron chi connectivity index (χ0n) is 12.9. The maximum atomic E-state index is 11.1. The Kier molecular flexibility index (Phi) is 6.45. The second kappa shape index (κ2) is 9.08. The molecule has 2 rings (SSSR count). The molecule has 2 N–H and O–H groups in total. The normalized spacial score (nSPS) is 9.96. The number of carbonyl (C=O) groups excluding carboxylic acids is 1. The smallest absolute Gasteiger partial charge is 0.268 e. The maximum absolute atomic E-state index is 11.1. The number of amides is 1. The Morgan fingerprint density at radius 3 is 2.57 bits per heavy atom. The van der Waals surface area contributed by atoms with Crippen molar-refractivity contribution < 1.29 is 9.63 Å². The van der Waals surface area contributed by atoms with Crippen molar-refractivity contribution in [3.8, 4) is 11.8 Å². The van der Waals surface area contributed by atoms with Crippen molar-refractivity contribution in [3.63, 3.8) is 0 Å². The molecule has 0 aliphatic carbocycles. The molecule has 0 heterocycles. The number of carbonyl (C=O) groups is 1. The standard InChI is InChI=1S/C19H18N2O2/c1-23-21-19(22)10-6-5-7-16-11-13-18(14-12-16)20-15-17-8-3-2-4-9-17/h2-4,6,8-14,20H,15H2,1H3,(H,21,22)/b10-6+. The zero-order valence-corrected chi connectivity index (χ0v) is 12.9. The summed E-state index contributed by atoms with van der Waals surface area (Å²) in [7, 11) is 1.38. The largest absolute Gasteiger partial charge is 0.381 e. The van der Waals surface area contributed by atoms with Gasteiger partial charge in [-0.3, -0.25) is 9.63 Å². The lowest BCUT2D eigenvalue weighted by Crippen LogP contribution is -2.18. The van der Waals surface area contributed by atoms with Gasteiger partial charge in [-0.25, -0.2) is 5.48 Å². The van der Waals surface area contributed by atoms with Gasteiger partial charge in [-0.05, 0) is 35.9 Å². The molecule has 0 saturated heterocycles. The molecule has 0 atom stereocenters. The Hall–Kier alpha value is -3.03. The number of nitrogens with one attached hydrogen (secondary N) is 2. The summed E-state index contributed by atoms with van der Waals surface area (Å²) in [4.78, 5) is 15.6. The fraction of sp³-hybridized carbons (Fsp3) is 0.105. The number of allylic oxidation sites excluding steroid dienone is 1. The van der Waals surface area contributed by atoms with E-state index in [1.54, 1.807) is 0 Å². The minimum absolute atomic E-state index is 0.345. The van der Waals surface area contributed by atoms with Crippen molar-refractivity contribution in [1.82, 2.24) is 5.48 Å². The average Bonchev–Trinajstić information content (AvgIpc) is 2.59. The van der Waals surface area contributed by atoms with Crippen LogP contribution in [0.25, 0.3) is 0 Å². The molecular formula is C19H18N2O2. The number of benzene rings is 2. The third kappa shape index (κ3) is 6.08. The van der Waals surface area contributed by atoms with Crippen LogP contribution in [-0.2, 0) is 16.2 Å². The Balaban J connectivity index is 1.86. The van der Waals surface area contributed by atoms with Crippen molar-refractivity contribution in [2.75, 3.05) is 12.4 Å². The summed E-state index contributed by atoms with van der Waals surface area (Å²) in [6.45, 7) is 0.781. The lowest BCUT2D eigenvalue weighted by molar-refractivity contribution is -0.126. The molecule has 2 aromatic rings. The van der Waals surface area contributed by atoms with Crippen LogP contribution in [0.15, 0.2) is 66.7 Å². The number of rotatable bonds is 5. The Morgan fingerprint density at radius 2 is 1.87 bits per heavy atom. The molecule has 0 unspecified atom stereocenters. The monoisotopic (exact) mass is 306 g/mol. The van der Waals surface area contributed by atoms with Crippen molar-refractivity contribution in [1.29, 1.82) is 0 Å². The van der Waals surface area contributed by atoms with E-state index in [9.17, 15) is 4.79 Å². The highest BCUT2D eigenvalue weighted by Crippen LogP contribution is 2.10. The van der Waals surface area contributed by atoms with Gasteiger partial charge in [0.1, 0.15) is 0 Å². The Bertz CT molecular complexity index is 711. The van der Waals surface area contributed by atoms with E-state index in [1.807, 2.05) is 42.5 Å². The molecule has 0 aliphatic rings. The number of hydroxylamine groups is 1. The molecule has 0 aliphatic heterocycles. The van der Waals surface area contributed by atoms with Gasteiger partial charge in [0.2, 0.25) is 0 Å². The summed E-state index contributed by atoms with van der Waals surface area (Å²) in [6, 6.07) is 18.0. The van der Waals surface area contributed by atoms with E-state index < -0.39 is 0 Å². The van der Waals surface area contributed by atoms with E-state index in [1.165, 1.54) is 24.8 Å². The van der Waals surface area contributed by atoms with Crippen LogP contribution in [0.5, 0.6) is 0 Å². The van der Waals surface area contributed by atoms with E-state index >= 15 is 0 Å². The fourth-order valence-corrected chi connectivity index (χ4v) is 1.85. The first kappa shape index (κ1) is 16.3. The van der Waals surface area contributed by atoms with Crippen LogP contribution in [0.3, 0.4) is 0 Å². The van der Waals surface area contributed by atoms with Gasteiger partial charge in [-0.1, -0.05) is 42.2 Å². The molecule has 0 radical (unpaired) electrons. The molecule has 116 valence electrons. The molecule has 23 heavy (non-hydrogen) atoms. The molecule has 0 aromatic heterocycles. The molecule has 0 spiro atoms. The number of anilines is 1. The Labute approximate surface area is 136 Å². The number of hydrogen-bond acceptors (Lipinski definition) is 3. The summed E-state index contributed by atoms with van der Waals surface area (Å²) in [5, 5.41) is 3.36. The van der Waals surface area contributed by atoms with Crippen LogP contribution in [0.4, 0.5) is 5.69 Å². The maximum Gasteiger partial charge on any atom is 0.268 e. The minimum Gasteiger partial charge on any atom is -0.381 e. The first-order valence-electron chi connectivity index (χ1n) is 7.17. The molecular weight excluding hydrogens is 288 g/mol. The van der Waals surface area contributed by atoms with E-state index in [-0.39, 0.29) is 5.91 Å². The SMILES string of the molecule is CONC(=O)/C=C/C#Cc1ccc(NCc2ccccc2)cc1. The summed E-state index contributed by atoms with van der Waals surface area (Å²) < 4.78 is 0. The molecule has 2 aromatic carbocycles. The minimum atomic E-state index is -0.345. The number of hydrogen-bond donors (Lipinski definition) is 2. The van der Waals surface area contributed by atoms with E-state index in [4.69, 9.17) is 0 Å². The molecule has 1 amide bonds. The second-order valence-electron chi connectivity index (χ2n) is 4.69. The van der Waals surface area contributed by atoms with E-state index in [0.29, 0.717) is 0 Å². The molecule has 4 nitrogen and oxygen atoms in total. The van der Waals surface area contributed by atoms with Gasteiger partial charge in [0, 0.05) is 23.9 Å². The van der Waals surface area contributed by atoms with Gasteiger partial charge in [0.15, 0.2) is 0 Å². The highest BCUT2D eigenvalue weighted by atomic mass is 16.6. The molecule has 0 fully saturated rings. The zero-order chi connectivity index (χ0) is 16.3. The summed E-state index contributed by atoms with van der Waals surface area (Å²) in [5.74, 6) is 5.41. The topological polar surface area (TPSA) is 50.4 Å². The first-order valence-corrected chi connectivity index (χ1v) is 7.17. The molecule has 0 saturated carbocycles. The van der Waals surface area contributed by atoms with E-state index in [2.05, 4.69) is 39.6 Å². The average molecular weight is 306 g/mol. The lowest BCUT2D eigenvalue weighted by Gasteiger charge is -2.06. The van der Waals surface area contributed by atoms with Crippen molar-refractivity contribution in [3.05, 3.63) is 77.9 Å². The van der Waals surface area contributed by atoms with Crippen LogP contribution < -0.4 is 10.8 Å². The van der Waals surface area contributed by atoms with Gasteiger partial charge in [0.05, 0.1) is 7.11 Å². The first-order chi connectivity index (χ1) is 11.3. The predicted molar refractivity (Wildman–Crippen MR) is 91.4 cm³/mol. The highest BCUT2D eigenvalue weighted by molar-refractivity contribution is 5.87. The summed E-state index contributed by atoms with van der Waals surface area (Å²) in [6.07, 6.45) is 2.79. The lowest BCUT2D eigenvalue weighted by atomic mass is 10.2. The third-order valence-corrected chi connectivity index (χ3v) is 2.96. The summed E-state index contributed by atoms with van der Waals surface area (Å²) in [5.41, 5.74) is 5.33. The van der Waals surface area contributed by atoms with Gasteiger partial charge < -0.3 is 5.32 Å². The van der Waals surface area contributed by atoms with Gasteiger partial charge >= 0.3 is 0 Å². The third-order valence-electron chi connectivity index (χ3n) is 2.96. The van der Waals surface area contributed by atoms with Crippen LogP contribution >= 0.6 is 0 Å². The van der Waals surface area contributed by atoms with Crippen LogP contribution in [-0.4, -0.2) is 13.0 Å². The quantitative estimate of drug-likeness (QED) is 0.507. The van der Waals surface area contributed by atoms with Crippen LogP contribution in [0, 0.1) is 11.8 Å². The van der Waals surface area contributed by atoms with Crippen LogP contribution in [0.2, 0.25) is 0 Å². The fourth-order valence-electron chi connectivity index (χ4n) is 1.85. The highest BCUT2D eigenvalue weighted by Gasteiger charge is 1.94. The summed E-state index contributed by atoms with van der Waals surface area (Å²) >= 11 is 0. The Morgan fingerprint density at radius 1 is 1.13 bits per heavy atom. The van der Waals surface area contributed by atoms with Crippen LogP contribution in [0.1, 0.15) is 11.1 Å². The van der Waals surface area contributed by atoms with Gasteiger partial charge in [-0.2, -0.15) is 0 Å². The van der Waals surface area contributed by atoms with Crippen molar-refractivity contribution in [2.24, 2.45) is 0 Å². The van der Waals surface area contributed by atoms with E-state index in [0.717, 1.165) is 17.8 Å². The second-order valence-corrected chi connectivity index (χ2v) is 4.69. The molecule has 0 bridgehead atoms. The predicted octanol–water partition coefficient (Wildman–Crippen LogP) is 2.88. The van der Waals surface area contributed by atoms with Gasteiger partial charge in [-0.15, -0.1) is 0 Å².